The van der Waals surface area contributed by atoms with Gasteiger partial charge in [-0.05, 0) is 42.4 Å². The van der Waals surface area contributed by atoms with E-state index in [1.54, 1.807) is 58.0 Å². The second-order valence-electron chi connectivity index (χ2n) is 15.3. The number of aliphatic hydroxyl groups is 2. The average molecular weight is 711 g/mol. The molecule has 11 atom stereocenters. The summed E-state index contributed by atoms with van der Waals surface area (Å²) in [5, 5.41) is 27.6. The maximum atomic E-state index is 15.0. The smallest absolute Gasteiger partial charge is 0.350 e. The molecule has 0 amide bonds. The lowest BCUT2D eigenvalue weighted by Crippen LogP contribution is -2.75. The number of carbonyl (C=O) groups is 5. The van der Waals surface area contributed by atoms with Crippen molar-refractivity contribution in [1.29, 1.82) is 0 Å². The molecule has 0 unspecified atom stereocenters. The van der Waals surface area contributed by atoms with E-state index >= 15 is 4.79 Å². The fourth-order valence-corrected chi connectivity index (χ4v) is 9.64. The molecule has 7 N–H and O–H groups in total. The Hall–Kier alpha value is -3.47. The van der Waals surface area contributed by atoms with E-state index in [0.717, 1.165) is 7.41 Å². The standard InChI is InChI=1S/C36H49BN3O11/c1-18-21(49-32(46)29(51-25(44)15-39)27(40-37-17-41)20-10-8-7-9-11-20)13-36(47)19(2)30-34(5)16-48-23(34)12-22(42)35(30,6)31(45)28(50-24(43)14-38)26(18)33(36,3)4/h7-11,17,19,21-23,27-30,40,42,47H,12-16,38-39H2,1-6H3/t19-,21-,22-,23+,27-,28+,29+,30+,34+,35+,36+/m0/s1. The highest BCUT2D eigenvalue weighted by atomic mass is 16.6. The van der Waals surface area contributed by atoms with E-state index in [4.69, 9.17) is 30.4 Å². The van der Waals surface area contributed by atoms with Crippen molar-refractivity contribution >= 4 is 37.3 Å². The molecule has 0 spiro atoms. The van der Waals surface area contributed by atoms with E-state index in [9.17, 15) is 29.4 Å². The summed E-state index contributed by atoms with van der Waals surface area (Å²) in [6.07, 6.45) is -5.51. The van der Waals surface area contributed by atoms with Crippen LogP contribution in [0.3, 0.4) is 0 Å². The van der Waals surface area contributed by atoms with Crippen LogP contribution in [-0.2, 0) is 42.9 Å². The summed E-state index contributed by atoms with van der Waals surface area (Å²) in [4.78, 5) is 66.1. The van der Waals surface area contributed by atoms with E-state index in [1.807, 2.05) is 13.8 Å². The van der Waals surface area contributed by atoms with Crippen molar-refractivity contribution in [2.75, 3.05) is 19.7 Å². The molecule has 1 radical (unpaired) electrons. The summed E-state index contributed by atoms with van der Waals surface area (Å²) in [5.41, 5.74) is 7.19. The molecule has 1 aromatic rings. The Bertz CT molecular complexity index is 1590. The average Bonchev–Trinajstić information content (AvgIpc) is 3.10. The minimum atomic E-state index is -1.72. The van der Waals surface area contributed by atoms with E-state index in [1.165, 1.54) is 0 Å². The highest BCUT2D eigenvalue weighted by molar-refractivity contribution is 6.64. The number of esters is 3. The quantitative estimate of drug-likeness (QED) is 0.0683. The molecule has 14 nitrogen and oxygen atoms in total. The fraction of sp³-hybridized carbons (Fsp3) is 0.639. The first kappa shape index (κ1) is 38.8. The summed E-state index contributed by atoms with van der Waals surface area (Å²) < 4.78 is 23.4. The third kappa shape index (κ3) is 6.15. The van der Waals surface area contributed by atoms with E-state index in [0.29, 0.717) is 17.3 Å². The summed E-state index contributed by atoms with van der Waals surface area (Å²) in [6.45, 7) is 9.81. The lowest BCUT2D eigenvalue weighted by atomic mass is 9.40. The number of ether oxygens (including phenoxy) is 4. The van der Waals surface area contributed by atoms with Gasteiger partial charge >= 0.3 is 17.9 Å². The number of hydrogen-bond donors (Lipinski definition) is 5. The molecule has 4 aliphatic rings. The van der Waals surface area contributed by atoms with E-state index in [2.05, 4.69) is 5.23 Å². The first-order valence-electron chi connectivity index (χ1n) is 17.3. The number of carbonyl (C=O) groups excluding carboxylic acids is 5. The molecule has 2 bridgehead atoms. The zero-order chi connectivity index (χ0) is 37.7. The summed E-state index contributed by atoms with van der Waals surface area (Å²) in [5.74, 6) is -4.72. The first-order valence-corrected chi connectivity index (χ1v) is 17.3. The van der Waals surface area contributed by atoms with Crippen molar-refractivity contribution in [2.45, 2.75) is 96.5 Å². The van der Waals surface area contributed by atoms with Crippen molar-refractivity contribution in [3.05, 3.63) is 47.0 Å². The number of nitrogens with two attached hydrogens (primary N) is 2. The van der Waals surface area contributed by atoms with Crippen LogP contribution in [0.2, 0.25) is 0 Å². The molecular weight excluding hydrogens is 661 g/mol. The molecule has 15 heteroatoms. The molecule has 5 rings (SSSR count). The van der Waals surface area contributed by atoms with Crippen LogP contribution in [0.4, 0.5) is 0 Å². The van der Waals surface area contributed by atoms with Crippen LogP contribution in [0.1, 0.15) is 66.0 Å². The third-order valence-corrected chi connectivity index (χ3v) is 12.4. The summed E-state index contributed by atoms with van der Waals surface area (Å²) in [6, 6.07) is 7.41. The monoisotopic (exact) mass is 710 g/mol. The number of aliphatic hydroxyl groups excluding tert-OH is 1. The number of nitrogens with one attached hydrogen (secondary N) is 1. The molecule has 3 fully saturated rings. The Morgan fingerprint density at radius 2 is 1.75 bits per heavy atom. The van der Waals surface area contributed by atoms with Gasteiger partial charge in [-0.15, -0.1) is 0 Å². The Morgan fingerprint density at radius 3 is 2.31 bits per heavy atom. The van der Waals surface area contributed by atoms with Gasteiger partial charge in [-0.2, -0.15) is 0 Å². The van der Waals surface area contributed by atoms with Gasteiger partial charge in [-0.1, -0.05) is 58.0 Å². The van der Waals surface area contributed by atoms with Crippen LogP contribution in [0.5, 0.6) is 0 Å². The largest absolute Gasteiger partial charge is 0.455 e. The number of benzene rings is 1. The number of rotatable bonds is 11. The number of hydrogen-bond acceptors (Lipinski definition) is 14. The molecule has 51 heavy (non-hydrogen) atoms. The van der Waals surface area contributed by atoms with Gasteiger partial charge in [0.05, 0.1) is 55.1 Å². The van der Waals surface area contributed by atoms with Crippen LogP contribution >= 0.6 is 0 Å². The second kappa shape index (κ2) is 14.2. The maximum absolute atomic E-state index is 15.0. The zero-order valence-electron chi connectivity index (χ0n) is 29.9. The van der Waals surface area contributed by atoms with Gasteiger partial charge in [0, 0.05) is 23.7 Å². The number of fused-ring (bicyclic) bond motifs is 5. The SMILES string of the molecule is CC1=C2[C@@H](OC(=O)CN)C(=O)[C@@]3(C)[C@H]([C@H](C)[C@](O)(C[C@@H]1OC(=O)[C@H](OC(=O)CN)[C@@H](N[B]C=O)c1ccccc1)C2(C)C)[C@]1(C)CO[C@@H]1C[C@@H]3O. The van der Waals surface area contributed by atoms with Gasteiger partial charge in [-0.25, -0.2) is 4.79 Å². The molecule has 2 saturated carbocycles. The second-order valence-corrected chi connectivity index (χ2v) is 15.3. The Labute approximate surface area is 298 Å². The molecule has 1 aliphatic heterocycles. The lowest BCUT2D eigenvalue weighted by Gasteiger charge is -2.68. The molecular formula is C36H49BN3O11. The molecule has 277 valence electrons. The van der Waals surface area contributed by atoms with Crippen molar-refractivity contribution in [1.82, 2.24) is 5.23 Å². The highest BCUT2D eigenvalue weighted by Gasteiger charge is 2.73. The molecule has 0 aromatic heterocycles. The van der Waals surface area contributed by atoms with Crippen LogP contribution in [-0.4, -0.2) is 103 Å². The Kier molecular flexibility index (Phi) is 10.8. The zero-order valence-corrected chi connectivity index (χ0v) is 29.9. The number of Topliss-reactive ketones (excluding diaryl/α,β-unsaturated/α-hetero) is 1. The topological polar surface area (TPSA) is 227 Å². The van der Waals surface area contributed by atoms with Crippen LogP contribution in [0, 0.1) is 28.1 Å². The van der Waals surface area contributed by atoms with Gasteiger partial charge < -0.3 is 50.7 Å². The van der Waals surface area contributed by atoms with E-state index in [-0.39, 0.29) is 31.1 Å². The predicted octanol–water partition coefficient (Wildman–Crippen LogP) is 0.268. The highest BCUT2D eigenvalue weighted by Crippen LogP contribution is 2.67. The van der Waals surface area contributed by atoms with Gasteiger partial charge in [0.15, 0.2) is 11.9 Å². The predicted molar refractivity (Wildman–Crippen MR) is 183 cm³/mol. The molecule has 3 aliphatic carbocycles. The lowest BCUT2D eigenvalue weighted by molar-refractivity contribution is -0.302. The van der Waals surface area contributed by atoms with Gasteiger partial charge in [0.25, 0.3) is 7.41 Å². The minimum Gasteiger partial charge on any atom is -0.455 e. The van der Waals surface area contributed by atoms with Crippen molar-refractivity contribution < 1.29 is 53.1 Å². The number of ketones is 1. The minimum absolute atomic E-state index is 0.153. The normalized spacial score (nSPS) is 36.5. The van der Waals surface area contributed by atoms with Gasteiger partial charge in [0.1, 0.15) is 6.10 Å². The summed E-state index contributed by atoms with van der Waals surface area (Å²) in [7, 11) is 1.06. The molecule has 1 saturated heterocycles. The molecule has 1 heterocycles. The van der Waals surface area contributed by atoms with Crippen molar-refractivity contribution in [2.24, 2.45) is 39.5 Å². The van der Waals surface area contributed by atoms with Gasteiger partial charge in [0.2, 0.25) is 6.10 Å². The first-order chi connectivity index (χ1) is 23.9. The molecule has 1 aromatic carbocycles. The Balaban J connectivity index is 1.66. The summed E-state index contributed by atoms with van der Waals surface area (Å²) >= 11 is 0. The van der Waals surface area contributed by atoms with Crippen molar-refractivity contribution in [3.63, 3.8) is 0 Å². The Morgan fingerprint density at radius 1 is 1.10 bits per heavy atom. The van der Waals surface area contributed by atoms with Gasteiger partial charge in [-0.3, -0.25) is 14.4 Å². The van der Waals surface area contributed by atoms with Crippen LogP contribution in [0.25, 0.3) is 0 Å². The van der Waals surface area contributed by atoms with Crippen molar-refractivity contribution in [3.8, 4) is 0 Å². The maximum Gasteiger partial charge on any atom is 0.350 e. The van der Waals surface area contributed by atoms with Crippen LogP contribution < -0.4 is 16.7 Å². The third-order valence-electron chi connectivity index (χ3n) is 12.4. The fourth-order valence-electron chi connectivity index (χ4n) is 9.64. The van der Waals surface area contributed by atoms with E-state index < -0.39 is 101 Å². The van der Waals surface area contributed by atoms with Crippen LogP contribution in [0.15, 0.2) is 41.5 Å².